The minimum absolute atomic E-state index is 0.0559. The normalized spacial score (nSPS) is 14.3. The van der Waals surface area contributed by atoms with E-state index in [1.807, 2.05) is 50.8 Å². The van der Waals surface area contributed by atoms with Crippen molar-refractivity contribution in [3.05, 3.63) is 48.2 Å². The first-order valence-electron chi connectivity index (χ1n) is 12.1. The highest BCUT2D eigenvalue weighted by Gasteiger charge is 2.28. The third-order valence-corrected chi connectivity index (χ3v) is 6.30. The summed E-state index contributed by atoms with van der Waals surface area (Å²) in [5, 5.41) is 2.27. The van der Waals surface area contributed by atoms with E-state index in [4.69, 9.17) is 9.47 Å². The van der Waals surface area contributed by atoms with Crippen LogP contribution in [-0.2, 0) is 4.74 Å². The van der Waals surface area contributed by atoms with Crippen LogP contribution in [0, 0.1) is 12.7 Å². The summed E-state index contributed by atoms with van der Waals surface area (Å²) in [4.78, 5) is 33.8. The molecular formula is C27H29FN6O3. The number of ether oxygens (including phenoxy) is 2. The quantitative estimate of drug-likeness (QED) is 0.395. The number of pyridine rings is 2. The van der Waals surface area contributed by atoms with Gasteiger partial charge in [-0.15, -0.1) is 0 Å². The number of anilines is 1. The van der Waals surface area contributed by atoms with Crippen LogP contribution in [0.15, 0.2) is 36.8 Å². The van der Waals surface area contributed by atoms with E-state index in [1.165, 1.54) is 7.11 Å². The molecule has 5 rings (SSSR count). The summed E-state index contributed by atoms with van der Waals surface area (Å²) in [7, 11) is 1.45. The Labute approximate surface area is 214 Å². The highest BCUT2D eigenvalue weighted by Crippen LogP contribution is 2.35. The molecule has 1 fully saturated rings. The zero-order valence-corrected chi connectivity index (χ0v) is 21.6. The molecule has 1 aromatic carbocycles. The summed E-state index contributed by atoms with van der Waals surface area (Å²) < 4.78 is 26.9. The van der Waals surface area contributed by atoms with Crippen LogP contribution >= 0.6 is 0 Å². The number of halogens is 1. The van der Waals surface area contributed by atoms with Gasteiger partial charge < -0.3 is 19.3 Å². The number of nitrogens with zero attached hydrogens (tertiary/aromatic N) is 6. The van der Waals surface area contributed by atoms with Gasteiger partial charge in [-0.1, -0.05) is 18.2 Å². The average Bonchev–Trinajstić information content (AvgIpc) is 2.87. The van der Waals surface area contributed by atoms with Crippen molar-refractivity contribution in [3.8, 4) is 17.3 Å². The number of methoxy groups -OCH3 is 1. The van der Waals surface area contributed by atoms with Crippen molar-refractivity contribution in [2.24, 2.45) is 0 Å². The number of carbonyl (C=O) groups is 1. The smallest absolute Gasteiger partial charge is 0.410 e. The predicted molar refractivity (Wildman–Crippen MR) is 139 cm³/mol. The number of hydrogen-bond donors (Lipinski definition) is 0. The SMILES string of the molecule is COc1nc(N2CCN(C(=O)OC(C)(C)C)CC2)c2cnc(-c3cncc4cccc(C)c34)c(F)c2n1. The molecule has 0 spiro atoms. The third kappa shape index (κ3) is 4.71. The monoisotopic (exact) mass is 504 g/mol. The Bertz CT molecular complexity index is 1490. The summed E-state index contributed by atoms with van der Waals surface area (Å²) in [6, 6.07) is 5.92. The summed E-state index contributed by atoms with van der Waals surface area (Å²) in [6.45, 7) is 9.36. The Morgan fingerprint density at radius 1 is 1.05 bits per heavy atom. The van der Waals surface area contributed by atoms with Gasteiger partial charge in [0.2, 0.25) is 0 Å². The second kappa shape index (κ2) is 9.42. The van der Waals surface area contributed by atoms with Crippen LogP contribution in [0.5, 0.6) is 6.01 Å². The number of hydrogen-bond acceptors (Lipinski definition) is 8. The summed E-state index contributed by atoms with van der Waals surface area (Å²) >= 11 is 0. The van der Waals surface area contributed by atoms with Gasteiger partial charge in [-0.3, -0.25) is 9.97 Å². The maximum atomic E-state index is 16.1. The van der Waals surface area contributed by atoms with Crippen LogP contribution in [0.4, 0.5) is 15.0 Å². The lowest BCUT2D eigenvalue weighted by Crippen LogP contribution is -2.50. The van der Waals surface area contributed by atoms with Crippen LogP contribution in [0.1, 0.15) is 26.3 Å². The van der Waals surface area contributed by atoms with E-state index in [1.54, 1.807) is 23.5 Å². The molecule has 1 saturated heterocycles. The molecule has 1 amide bonds. The molecule has 0 unspecified atom stereocenters. The molecule has 0 atom stereocenters. The molecule has 37 heavy (non-hydrogen) atoms. The fourth-order valence-corrected chi connectivity index (χ4v) is 4.57. The van der Waals surface area contributed by atoms with E-state index in [-0.39, 0.29) is 23.3 Å². The van der Waals surface area contributed by atoms with Crippen LogP contribution in [0.3, 0.4) is 0 Å². The number of aryl methyl sites for hydroxylation is 1. The minimum Gasteiger partial charge on any atom is -0.467 e. The van der Waals surface area contributed by atoms with E-state index in [0.717, 1.165) is 16.3 Å². The molecule has 3 aromatic heterocycles. The summed E-state index contributed by atoms with van der Waals surface area (Å²) in [5.74, 6) is -0.0553. The Kier molecular flexibility index (Phi) is 6.26. The van der Waals surface area contributed by atoms with Crippen LogP contribution in [-0.4, -0.2) is 69.8 Å². The van der Waals surface area contributed by atoms with Gasteiger partial charge >= 0.3 is 12.1 Å². The number of fused-ring (bicyclic) bond motifs is 2. The highest BCUT2D eigenvalue weighted by molar-refractivity contribution is 6.00. The molecule has 9 nitrogen and oxygen atoms in total. The van der Waals surface area contributed by atoms with E-state index in [9.17, 15) is 4.79 Å². The maximum Gasteiger partial charge on any atom is 0.410 e. The second-order valence-electron chi connectivity index (χ2n) is 10.0. The highest BCUT2D eigenvalue weighted by atomic mass is 19.1. The minimum atomic E-state index is -0.566. The molecule has 4 heterocycles. The molecule has 4 aromatic rings. The summed E-state index contributed by atoms with van der Waals surface area (Å²) in [5.41, 5.74) is 1.32. The van der Waals surface area contributed by atoms with E-state index in [0.29, 0.717) is 42.9 Å². The zero-order chi connectivity index (χ0) is 26.3. The Balaban J connectivity index is 1.53. The number of carbonyl (C=O) groups excluding carboxylic acids is 1. The van der Waals surface area contributed by atoms with Crippen LogP contribution in [0.2, 0.25) is 0 Å². The van der Waals surface area contributed by atoms with Crippen molar-refractivity contribution in [2.45, 2.75) is 33.3 Å². The Morgan fingerprint density at radius 3 is 2.51 bits per heavy atom. The maximum absolute atomic E-state index is 16.1. The van der Waals surface area contributed by atoms with Crippen molar-refractivity contribution in [1.82, 2.24) is 24.8 Å². The van der Waals surface area contributed by atoms with Gasteiger partial charge in [-0.05, 0) is 38.6 Å². The molecule has 0 N–H and O–H groups in total. The molecule has 10 heteroatoms. The van der Waals surface area contributed by atoms with E-state index >= 15 is 4.39 Å². The fourth-order valence-electron chi connectivity index (χ4n) is 4.57. The van der Waals surface area contributed by atoms with Gasteiger partial charge in [-0.2, -0.15) is 9.97 Å². The van der Waals surface area contributed by atoms with Gasteiger partial charge in [-0.25, -0.2) is 9.18 Å². The van der Waals surface area contributed by atoms with Crippen molar-refractivity contribution in [3.63, 3.8) is 0 Å². The lowest BCUT2D eigenvalue weighted by Gasteiger charge is -2.36. The molecule has 0 bridgehead atoms. The van der Waals surface area contributed by atoms with E-state index < -0.39 is 11.4 Å². The molecule has 192 valence electrons. The fraction of sp³-hybridized carbons (Fsp3) is 0.370. The second-order valence-corrected chi connectivity index (χ2v) is 10.0. The molecular weight excluding hydrogens is 475 g/mol. The van der Waals surface area contributed by atoms with Crippen molar-refractivity contribution in [2.75, 3.05) is 38.2 Å². The first-order valence-corrected chi connectivity index (χ1v) is 12.1. The number of rotatable bonds is 3. The third-order valence-electron chi connectivity index (χ3n) is 6.30. The predicted octanol–water partition coefficient (Wildman–Crippen LogP) is 4.75. The van der Waals surface area contributed by atoms with E-state index in [2.05, 4.69) is 19.9 Å². The molecule has 1 aliphatic rings. The average molecular weight is 505 g/mol. The first-order chi connectivity index (χ1) is 17.7. The van der Waals surface area contributed by atoms with Gasteiger partial charge in [0, 0.05) is 55.7 Å². The standard InChI is InChI=1S/C27H29FN6O3/c1-16-7-6-8-17-13-29-14-18(20(16)17)22-21(28)23-19(15-30-22)24(32-25(31-23)36-5)33-9-11-34(12-10-33)26(35)37-27(2,3)4/h6-8,13-15H,9-12H2,1-5H3. The van der Waals surface area contributed by atoms with Crippen molar-refractivity contribution >= 4 is 33.6 Å². The van der Waals surface area contributed by atoms with Crippen LogP contribution < -0.4 is 9.64 Å². The lowest BCUT2D eigenvalue weighted by atomic mass is 10.00. The van der Waals surface area contributed by atoms with Gasteiger partial charge in [0.1, 0.15) is 22.6 Å². The van der Waals surface area contributed by atoms with Gasteiger partial charge in [0.05, 0.1) is 12.5 Å². The molecule has 0 radical (unpaired) electrons. The summed E-state index contributed by atoms with van der Waals surface area (Å²) in [6.07, 6.45) is 4.63. The molecule has 0 aliphatic carbocycles. The van der Waals surface area contributed by atoms with Crippen molar-refractivity contribution < 1.29 is 18.7 Å². The molecule has 1 aliphatic heterocycles. The zero-order valence-electron chi connectivity index (χ0n) is 21.6. The largest absolute Gasteiger partial charge is 0.467 e. The topological polar surface area (TPSA) is 93.6 Å². The van der Waals surface area contributed by atoms with Gasteiger partial charge in [0.15, 0.2) is 5.82 Å². The number of aromatic nitrogens is 4. The first kappa shape index (κ1) is 24.6. The number of piperazine rings is 1. The Morgan fingerprint density at radius 2 is 1.81 bits per heavy atom. The molecule has 0 saturated carbocycles. The van der Waals surface area contributed by atoms with Gasteiger partial charge in [0.25, 0.3) is 0 Å². The van der Waals surface area contributed by atoms with Crippen LogP contribution in [0.25, 0.3) is 32.9 Å². The number of amides is 1. The van der Waals surface area contributed by atoms with Crippen molar-refractivity contribution in [1.29, 1.82) is 0 Å². The number of benzene rings is 1. The Hall–Kier alpha value is -4.08. The lowest BCUT2D eigenvalue weighted by molar-refractivity contribution is 0.0240.